The molecule has 0 atom stereocenters. The maximum absolute atomic E-state index is 11.6. The number of carbonyl (C=O) groups is 3. The van der Waals surface area contributed by atoms with E-state index in [0.717, 1.165) is 0 Å². The Bertz CT molecular complexity index is 601. The molecule has 2 amide bonds. The summed E-state index contributed by atoms with van der Waals surface area (Å²) >= 11 is 0. The molecule has 22 heavy (non-hydrogen) atoms. The van der Waals surface area contributed by atoms with E-state index in [0.29, 0.717) is 11.1 Å². The van der Waals surface area contributed by atoms with Crippen LogP contribution in [0.4, 0.5) is 4.79 Å². The van der Waals surface area contributed by atoms with Gasteiger partial charge in [-0.15, -0.1) is 0 Å². The van der Waals surface area contributed by atoms with Crippen LogP contribution >= 0.6 is 0 Å². The summed E-state index contributed by atoms with van der Waals surface area (Å²) in [4.78, 5) is 43.1. The topological polar surface area (TPSA) is 93.7 Å². The van der Waals surface area contributed by atoms with Gasteiger partial charge in [-0.3, -0.25) is 9.59 Å². The summed E-state index contributed by atoms with van der Waals surface area (Å²) in [5, 5.41) is 0. The van der Waals surface area contributed by atoms with Crippen molar-refractivity contribution in [2.24, 2.45) is 0 Å². The predicted octanol–water partition coefficient (Wildman–Crippen LogP) is 1.83. The van der Waals surface area contributed by atoms with Gasteiger partial charge in [-0.1, -0.05) is 36.4 Å². The van der Waals surface area contributed by atoms with Gasteiger partial charge in [0.15, 0.2) is 0 Å². The molecule has 0 radical (unpaired) electrons. The van der Waals surface area contributed by atoms with Crippen LogP contribution in [0.1, 0.15) is 20.7 Å². The normalized spacial score (nSPS) is 9.45. The van der Waals surface area contributed by atoms with Crippen LogP contribution in [0.3, 0.4) is 0 Å². The van der Waals surface area contributed by atoms with Crippen molar-refractivity contribution in [3.8, 4) is 0 Å². The number of amides is 2. The Kier molecular flexibility index (Phi) is 5.09. The highest BCUT2D eigenvalue weighted by atomic mass is 16.9. The van der Waals surface area contributed by atoms with E-state index >= 15 is 0 Å². The zero-order valence-electron chi connectivity index (χ0n) is 11.3. The third-order valence-corrected chi connectivity index (χ3v) is 2.53. The van der Waals surface area contributed by atoms with Crippen molar-refractivity contribution in [3.63, 3.8) is 0 Å². The Labute approximate surface area is 125 Å². The molecule has 0 aliphatic rings. The van der Waals surface area contributed by atoms with Crippen LogP contribution in [-0.4, -0.2) is 18.0 Å². The predicted molar refractivity (Wildman–Crippen MR) is 75.4 cm³/mol. The Hall–Kier alpha value is -3.35. The van der Waals surface area contributed by atoms with E-state index in [4.69, 9.17) is 0 Å². The van der Waals surface area contributed by atoms with E-state index in [9.17, 15) is 14.4 Å². The van der Waals surface area contributed by atoms with Gasteiger partial charge in [0.1, 0.15) is 0 Å². The van der Waals surface area contributed by atoms with Crippen molar-refractivity contribution >= 4 is 18.0 Å². The van der Waals surface area contributed by atoms with Crippen LogP contribution in [0, 0.1) is 0 Å². The summed E-state index contributed by atoms with van der Waals surface area (Å²) in [5.41, 5.74) is 4.41. The molecule has 0 aromatic heterocycles. The molecule has 0 spiro atoms. The number of rotatable bonds is 2. The lowest BCUT2D eigenvalue weighted by molar-refractivity contribution is -0.00779. The van der Waals surface area contributed by atoms with Gasteiger partial charge in [-0.2, -0.15) is 15.8 Å². The summed E-state index contributed by atoms with van der Waals surface area (Å²) in [6.45, 7) is 0. The van der Waals surface area contributed by atoms with Crippen LogP contribution in [-0.2, 0) is 9.68 Å². The molecule has 0 bridgehead atoms. The standard InChI is InChI=1S/C15H12N2O5/c18-13(11-7-3-1-4-8-11)16-21-15(20)22-17-14(19)12-9-5-2-6-10-12/h1-10H,(H,16,18)(H,17,19). The lowest BCUT2D eigenvalue weighted by atomic mass is 10.2. The van der Waals surface area contributed by atoms with Crippen molar-refractivity contribution in [3.05, 3.63) is 71.8 Å². The highest BCUT2D eigenvalue weighted by molar-refractivity contribution is 5.94. The molecule has 0 heterocycles. The summed E-state index contributed by atoms with van der Waals surface area (Å²) in [5.74, 6) is -1.24. The van der Waals surface area contributed by atoms with Crippen molar-refractivity contribution < 1.29 is 24.1 Å². The molecule has 0 aliphatic heterocycles. The van der Waals surface area contributed by atoms with E-state index in [1.165, 1.54) is 0 Å². The number of hydroxylamine groups is 2. The molecular weight excluding hydrogens is 288 g/mol. The zero-order valence-corrected chi connectivity index (χ0v) is 11.3. The van der Waals surface area contributed by atoms with Crippen molar-refractivity contribution in [2.45, 2.75) is 0 Å². The minimum absolute atomic E-state index is 0.309. The summed E-state index contributed by atoms with van der Waals surface area (Å²) in [7, 11) is 0. The van der Waals surface area contributed by atoms with Gasteiger partial charge in [0, 0.05) is 11.1 Å². The summed E-state index contributed by atoms with van der Waals surface area (Å²) in [6, 6.07) is 16.3. The number of nitrogens with one attached hydrogen (secondary N) is 2. The minimum Gasteiger partial charge on any atom is -0.304 e. The fraction of sp³-hybridized carbons (Fsp3) is 0. The third kappa shape index (κ3) is 4.34. The van der Waals surface area contributed by atoms with Crippen LogP contribution < -0.4 is 11.0 Å². The minimum atomic E-state index is -1.27. The molecule has 0 aliphatic carbocycles. The molecule has 112 valence electrons. The highest BCUT2D eigenvalue weighted by Gasteiger charge is 2.12. The molecule has 0 unspecified atom stereocenters. The molecule has 2 aromatic carbocycles. The third-order valence-electron chi connectivity index (χ3n) is 2.53. The first kappa shape index (κ1) is 15.0. The monoisotopic (exact) mass is 300 g/mol. The second-order valence-electron chi connectivity index (χ2n) is 4.05. The van der Waals surface area contributed by atoms with Crippen molar-refractivity contribution in [1.29, 1.82) is 0 Å². The maximum atomic E-state index is 11.6. The quantitative estimate of drug-likeness (QED) is 0.825. The van der Waals surface area contributed by atoms with Crippen LogP contribution in [0.15, 0.2) is 60.7 Å². The largest absolute Gasteiger partial charge is 0.558 e. The molecule has 0 saturated carbocycles. The Morgan fingerprint density at radius 1 is 0.636 bits per heavy atom. The first-order valence-electron chi connectivity index (χ1n) is 6.25. The molecular formula is C15H12N2O5. The number of hydrogen-bond donors (Lipinski definition) is 2. The SMILES string of the molecule is O=C(ONC(=O)c1ccccc1)ONC(=O)c1ccccc1. The van der Waals surface area contributed by atoms with Gasteiger partial charge in [-0.25, -0.2) is 0 Å². The Balaban J connectivity index is 1.74. The van der Waals surface area contributed by atoms with Crippen LogP contribution in [0.25, 0.3) is 0 Å². The summed E-state index contributed by atoms with van der Waals surface area (Å²) in [6.07, 6.45) is -1.27. The smallest absolute Gasteiger partial charge is 0.304 e. The van der Waals surface area contributed by atoms with E-state index in [1.54, 1.807) is 60.7 Å². The highest BCUT2D eigenvalue weighted by Crippen LogP contribution is 1.99. The van der Waals surface area contributed by atoms with E-state index in [1.807, 2.05) is 11.0 Å². The van der Waals surface area contributed by atoms with Crippen molar-refractivity contribution in [1.82, 2.24) is 11.0 Å². The molecule has 7 nitrogen and oxygen atoms in total. The summed E-state index contributed by atoms with van der Waals surface area (Å²) < 4.78 is 0. The fourth-order valence-electron chi connectivity index (χ4n) is 1.49. The van der Waals surface area contributed by atoms with Gasteiger partial charge in [-0.05, 0) is 24.3 Å². The molecule has 2 N–H and O–H groups in total. The first-order valence-corrected chi connectivity index (χ1v) is 6.25. The lowest BCUT2D eigenvalue weighted by Gasteiger charge is -2.07. The van der Waals surface area contributed by atoms with Gasteiger partial charge < -0.3 is 9.68 Å². The average molecular weight is 300 g/mol. The van der Waals surface area contributed by atoms with Crippen LogP contribution in [0.2, 0.25) is 0 Å². The Morgan fingerprint density at radius 2 is 1.00 bits per heavy atom. The number of benzene rings is 2. The first-order chi connectivity index (χ1) is 10.7. The number of carbonyl (C=O) groups excluding carboxylic acids is 3. The molecule has 2 rings (SSSR count). The lowest BCUT2D eigenvalue weighted by Crippen LogP contribution is -2.32. The Morgan fingerprint density at radius 3 is 1.36 bits per heavy atom. The van der Waals surface area contributed by atoms with E-state index in [-0.39, 0.29) is 0 Å². The van der Waals surface area contributed by atoms with Gasteiger partial charge in [0.2, 0.25) is 0 Å². The average Bonchev–Trinajstić information content (AvgIpc) is 2.59. The maximum Gasteiger partial charge on any atom is 0.558 e. The van der Waals surface area contributed by atoms with Gasteiger partial charge in [0.25, 0.3) is 11.8 Å². The van der Waals surface area contributed by atoms with Gasteiger partial charge >= 0.3 is 6.16 Å². The second kappa shape index (κ2) is 7.44. The van der Waals surface area contributed by atoms with Gasteiger partial charge in [0.05, 0.1) is 0 Å². The second-order valence-corrected chi connectivity index (χ2v) is 4.05. The molecule has 0 fully saturated rings. The number of hydrogen-bond acceptors (Lipinski definition) is 5. The molecule has 2 aromatic rings. The molecule has 7 heteroatoms. The molecule has 0 saturated heterocycles. The van der Waals surface area contributed by atoms with Crippen molar-refractivity contribution in [2.75, 3.05) is 0 Å². The fourth-order valence-corrected chi connectivity index (χ4v) is 1.49. The van der Waals surface area contributed by atoms with Crippen LogP contribution in [0.5, 0.6) is 0 Å². The van der Waals surface area contributed by atoms with E-state index < -0.39 is 18.0 Å². The van der Waals surface area contributed by atoms with E-state index in [2.05, 4.69) is 9.68 Å². The zero-order chi connectivity index (χ0) is 15.8.